The number of amides is 1. The van der Waals surface area contributed by atoms with Gasteiger partial charge in [-0.1, -0.05) is 0 Å². The highest BCUT2D eigenvalue weighted by molar-refractivity contribution is 5.97. The summed E-state index contributed by atoms with van der Waals surface area (Å²) in [5, 5.41) is 14.9. The molecule has 0 saturated heterocycles. The SMILES string of the molecule is CC(C)(C)OC(=O)/C=C/c1cnc2c(c1)NC[C@@H](O)C(=O)N2. The lowest BCUT2D eigenvalue weighted by molar-refractivity contribution is -0.148. The molecule has 1 amide bonds. The van der Waals surface area contributed by atoms with E-state index in [2.05, 4.69) is 15.6 Å². The van der Waals surface area contributed by atoms with E-state index in [9.17, 15) is 14.7 Å². The first kappa shape index (κ1) is 16.0. The zero-order valence-electron chi connectivity index (χ0n) is 12.7. The van der Waals surface area contributed by atoms with Crippen molar-refractivity contribution in [3.63, 3.8) is 0 Å². The predicted molar refractivity (Wildman–Crippen MR) is 82.2 cm³/mol. The molecular formula is C15H19N3O4. The maximum atomic E-state index is 11.6. The zero-order valence-corrected chi connectivity index (χ0v) is 12.7. The number of aromatic nitrogens is 1. The number of fused-ring (bicyclic) bond motifs is 1. The Bertz CT molecular complexity index is 620. The van der Waals surface area contributed by atoms with Crippen LogP contribution in [0.5, 0.6) is 0 Å². The number of rotatable bonds is 2. The summed E-state index contributed by atoms with van der Waals surface area (Å²) in [6.45, 7) is 5.47. The summed E-state index contributed by atoms with van der Waals surface area (Å²) in [4.78, 5) is 27.2. The minimum atomic E-state index is -1.13. The van der Waals surface area contributed by atoms with Gasteiger partial charge in [0.2, 0.25) is 0 Å². The van der Waals surface area contributed by atoms with Crippen LogP contribution in [-0.4, -0.2) is 40.2 Å². The monoisotopic (exact) mass is 305 g/mol. The van der Waals surface area contributed by atoms with Crippen molar-refractivity contribution in [3.05, 3.63) is 23.9 Å². The van der Waals surface area contributed by atoms with Gasteiger partial charge in [0.05, 0.1) is 5.69 Å². The quantitative estimate of drug-likeness (QED) is 0.560. The van der Waals surface area contributed by atoms with Crippen LogP contribution in [0.2, 0.25) is 0 Å². The number of nitrogens with zero attached hydrogens (tertiary/aromatic N) is 1. The second-order valence-corrected chi connectivity index (χ2v) is 5.92. The molecule has 1 aromatic rings. The molecule has 0 fully saturated rings. The summed E-state index contributed by atoms with van der Waals surface area (Å²) < 4.78 is 5.17. The van der Waals surface area contributed by atoms with Gasteiger partial charge in [0.25, 0.3) is 5.91 Å². The lowest BCUT2D eigenvalue weighted by Gasteiger charge is -2.17. The molecule has 0 aliphatic carbocycles. The van der Waals surface area contributed by atoms with Gasteiger partial charge in [0, 0.05) is 18.8 Å². The van der Waals surface area contributed by atoms with E-state index in [0.29, 0.717) is 17.1 Å². The number of aliphatic hydroxyl groups excluding tert-OH is 1. The van der Waals surface area contributed by atoms with Crippen molar-refractivity contribution in [2.45, 2.75) is 32.5 Å². The van der Waals surface area contributed by atoms with Crippen LogP contribution in [0.15, 0.2) is 18.3 Å². The summed E-state index contributed by atoms with van der Waals surface area (Å²) in [7, 11) is 0. The van der Waals surface area contributed by atoms with Gasteiger partial charge in [0.15, 0.2) is 5.82 Å². The number of hydrogen-bond acceptors (Lipinski definition) is 6. The van der Waals surface area contributed by atoms with Crippen molar-refractivity contribution in [2.24, 2.45) is 0 Å². The number of anilines is 2. The van der Waals surface area contributed by atoms with Gasteiger partial charge >= 0.3 is 5.97 Å². The smallest absolute Gasteiger partial charge is 0.331 e. The molecular weight excluding hydrogens is 286 g/mol. The maximum absolute atomic E-state index is 11.6. The number of carbonyl (C=O) groups excluding carboxylic acids is 2. The van der Waals surface area contributed by atoms with Crippen LogP contribution in [0.4, 0.5) is 11.5 Å². The molecule has 0 saturated carbocycles. The van der Waals surface area contributed by atoms with Crippen molar-refractivity contribution >= 4 is 29.5 Å². The van der Waals surface area contributed by atoms with Crippen LogP contribution in [0.1, 0.15) is 26.3 Å². The Morgan fingerprint density at radius 1 is 1.50 bits per heavy atom. The molecule has 118 valence electrons. The maximum Gasteiger partial charge on any atom is 0.331 e. The van der Waals surface area contributed by atoms with Crippen LogP contribution in [0.3, 0.4) is 0 Å². The second kappa shape index (κ2) is 6.15. The van der Waals surface area contributed by atoms with Crippen LogP contribution in [-0.2, 0) is 14.3 Å². The summed E-state index contributed by atoms with van der Waals surface area (Å²) >= 11 is 0. The molecule has 0 aromatic carbocycles. The van der Waals surface area contributed by atoms with Crippen LogP contribution in [0.25, 0.3) is 6.08 Å². The third-order valence-corrected chi connectivity index (χ3v) is 2.76. The highest BCUT2D eigenvalue weighted by Gasteiger charge is 2.21. The predicted octanol–water partition coefficient (Wildman–Crippen LogP) is 1.16. The summed E-state index contributed by atoms with van der Waals surface area (Å²) in [5.74, 6) is -0.606. The largest absolute Gasteiger partial charge is 0.457 e. The molecule has 2 rings (SSSR count). The molecule has 7 nitrogen and oxygen atoms in total. The van der Waals surface area contributed by atoms with E-state index in [0.717, 1.165) is 0 Å². The van der Waals surface area contributed by atoms with Crippen molar-refractivity contribution < 1.29 is 19.4 Å². The fourth-order valence-corrected chi connectivity index (χ4v) is 1.81. The summed E-state index contributed by atoms with van der Waals surface area (Å²) in [6.07, 6.45) is 3.28. The topological polar surface area (TPSA) is 101 Å². The standard InChI is InChI=1S/C15H19N3O4/c1-15(2,3)22-12(20)5-4-9-6-10-13(17-7-9)18-14(21)11(19)8-16-10/h4-7,11,16,19H,8H2,1-3H3,(H,17,18,21)/b5-4+/t11-/m1/s1. The van der Waals surface area contributed by atoms with Crippen LogP contribution >= 0.6 is 0 Å². The van der Waals surface area contributed by atoms with E-state index in [1.165, 1.54) is 12.3 Å². The Morgan fingerprint density at radius 2 is 2.23 bits per heavy atom. The van der Waals surface area contributed by atoms with E-state index in [1.54, 1.807) is 32.9 Å². The van der Waals surface area contributed by atoms with Crippen molar-refractivity contribution in [2.75, 3.05) is 17.2 Å². The number of hydrogen-bond donors (Lipinski definition) is 3. The normalized spacial score (nSPS) is 18.2. The highest BCUT2D eigenvalue weighted by atomic mass is 16.6. The average Bonchev–Trinajstić information content (AvgIpc) is 2.55. The van der Waals surface area contributed by atoms with Gasteiger partial charge in [-0.05, 0) is 38.5 Å². The highest BCUT2D eigenvalue weighted by Crippen LogP contribution is 2.23. The molecule has 0 bridgehead atoms. The van der Waals surface area contributed by atoms with E-state index < -0.39 is 23.6 Å². The fraction of sp³-hybridized carbons (Fsp3) is 0.400. The zero-order chi connectivity index (χ0) is 16.3. The van der Waals surface area contributed by atoms with E-state index in [1.807, 2.05) is 0 Å². The average molecular weight is 305 g/mol. The minimum Gasteiger partial charge on any atom is -0.457 e. The van der Waals surface area contributed by atoms with Crippen molar-refractivity contribution in [1.82, 2.24) is 4.98 Å². The molecule has 1 atom stereocenters. The van der Waals surface area contributed by atoms with Gasteiger partial charge < -0.3 is 20.5 Å². The molecule has 1 aromatic heterocycles. The molecule has 1 aliphatic heterocycles. The fourth-order valence-electron chi connectivity index (χ4n) is 1.81. The van der Waals surface area contributed by atoms with Crippen LogP contribution in [0, 0.1) is 0 Å². The first-order chi connectivity index (χ1) is 10.2. The third-order valence-electron chi connectivity index (χ3n) is 2.76. The molecule has 2 heterocycles. The van der Waals surface area contributed by atoms with E-state index >= 15 is 0 Å². The Labute approximate surface area is 128 Å². The Kier molecular flexibility index (Phi) is 4.46. The van der Waals surface area contributed by atoms with Gasteiger partial charge in [-0.15, -0.1) is 0 Å². The van der Waals surface area contributed by atoms with Gasteiger partial charge in [-0.3, -0.25) is 4.79 Å². The molecule has 3 N–H and O–H groups in total. The van der Waals surface area contributed by atoms with Gasteiger partial charge in [0.1, 0.15) is 11.7 Å². The Hall–Kier alpha value is -2.41. The molecule has 0 radical (unpaired) electrons. The number of carbonyl (C=O) groups is 2. The molecule has 7 heteroatoms. The number of β-amino-alcohol motifs (C(OH)–C–C–N with tert-alkyl or cyclic N) is 1. The molecule has 0 unspecified atom stereocenters. The number of esters is 1. The third kappa shape index (κ3) is 4.29. The molecule has 1 aliphatic rings. The van der Waals surface area contributed by atoms with E-state index in [4.69, 9.17) is 4.74 Å². The van der Waals surface area contributed by atoms with Crippen LogP contribution < -0.4 is 10.6 Å². The number of pyridine rings is 1. The first-order valence-electron chi connectivity index (χ1n) is 6.88. The first-order valence-corrected chi connectivity index (χ1v) is 6.88. The second-order valence-electron chi connectivity index (χ2n) is 5.92. The van der Waals surface area contributed by atoms with Gasteiger partial charge in [-0.2, -0.15) is 0 Å². The Balaban J connectivity index is 2.12. The Morgan fingerprint density at radius 3 is 2.91 bits per heavy atom. The number of nitrogens with one attached hydrogen (secondary N) is 2. The summed E-state index contributed by atoms with van der Waals surface area (Å²) in [5.41, 5.74) is 0.703. The van der Waals surface area contributed by atoms with Crippen molar-refractivity contribution in [1.29, 1.82) is 0 Å². The molecule has 22 heavy (non-hydrogen) atoms. The van der Waals surface area contributed by atoms with Crippen molar-refractivity contribution in [3.8, 4) is 0 Å². The van der Waals surface area contributed by atoms with E-state index in [-0.39, 0.29) is 6.54 Å². The molecule has 0 spiro atoms. The lowest BCUT2D eigenvalue weighted by Crippen LogP contribution is -2.30. The van der Waals surface area contributed by atoms with Gasteiger partial charge in [-0.25, -0.2) is 9.78 Å². The summed E-state index contributed by atoms with van der Waals surface area (Å²) in [6, 6.07) is 1.72. The lowest BCUT2D eigenvalue weighted by atomic mass is 10.2. The number of ether oxygens (including phenoxy) is 1. The minimum absolute atomic E-state index is 0.0970. The number of aliphatic hydroxyl groups is 1.